The fourth-order valence-corrected chi connectivity index (χ4v) is 3.04. The molecule has 0 spiro atoms. The van der Waals surface area contributed by atoms with Crippen LogP contribution in [-0.4, -0.2) is 34.3 Å². The molecule has 2 heterocycles. The summed E-state index contributed by atoms with van der Waals surface area (Å²) in [6.45, 7) is 3.18. The molecule has 0 saturated carbocycles. The van der Waals surface area contributed by atoms with E-state index in [4.69, 9.17) is 17.0 Å². The van der Waals surface area contributed by atoms with E-state index in [9.17, 15) is 0 Å². The van der Waals surface area contributed by atoms with Crippen LogP contribution in [0.1, 0.15) is 24.0 Å². The van der Waals surface area contributed by atoms with E-state index in [2.05, 4.69) is 39.5 Å². The van der Waals surface area contributed by atoms with Crippen molar-refractivity contribution in [2.24, 2.45) is 0 Å². The van der Waals surface area contributed by atoms with Gasteiger partial charge < -0.3 is 15.0 Å². The van der Waals surface area contributed by atoms with Crippen LogP contribution in [0, 0.1) is 0 Å². The number of nitrogens with one attached hydrogen (secondary N) is 1. The Bertz CT molecular complexity index is 588. The zero-order valence-corrected chi connectivity index (χ0v) is 14.5. The zero-order valence-electron chi connectivity index (χ0n) is 13.7. The molecule has 24 heavy (non-hydrogen) atoms. The largest absolute Gasteiger partial charge is 0.376 e. The summed E-state index contributed by atoms with van der Waals surface area (Å²) in [6.07, 6.45) is 6.17. The Morgan fingerprint density at radius 2 is 1.83 bits per heavy atom. The first-order chi connectivity index (χ1) is 11.8. The van der Waals surface area contributed by atoms with E-state index in [1.165, 1.54) is 11.1 Å². The summed E-state index contributed by atoms with van der Waals surface area (Å²) in [5.74, 6) is 0. The van der Waals surface area contributed by atoms with Crippen LogP contribution in [0.15, 0.2) is 54.9 Å². The molecule has 1 unspecified atom stereocenters. The van der Waals surface area contributed by atoms with Gasteiger partial charge in [-0.25, -0.2) is 0 Å². The molecular formula is C19H23N3OS. The quantitative estimate of drug-likeness (QED) is 0.817. The van der Waals surface area contributed by atoms with Crippen LogP contribution >= 0.6 is 12.2 Å². The van der Waals surface area contributed by atoms with Crippen LogP contribution in [0.25, 0.3) is 0 Å². The number of nitrogens with zero attached hydrogens (tertiary/aromatic N) is 2. The maximum absolute atomic E-state index is 5.67. The average molecular weight is 341 g/mol. The van der Waals surface area contributed by atoms with Crippen molar-refractivity contribution in [3.8, 4) is 0 Å². The molecule has 1 atom stereocenters. The van der Waals surface area contributed by atoms with Crippen LogP contribution in [-0.2, 0) is 17.8 Å². The molecule has 5 heteroatoms. The number of thiocarbonyl (C=S) groups is 1. The maximum atomic E-state index is 5.67. The number of aromatic nitrogens is 1. The van der Waals surface area contributed by atoms with Gasteiger partial charge in [0.25, 0.3) is 0 Å². The van der Waals surface area contributed by atoms with Crippen LogP contribution < -0.4 is 5.32 Å². The molecule has 1 fully saturated rings. The Morgan fingerprint density at radius 1 is 1.12 bits per heavy atom. The van der Waals surface area contributed by atoms with E-state index in [1.54, 1.807) is 0 Å². The Kier molecular flexibility index (Phi) is 6.15. The highest BCUT2D eigenvalue weighted by molar-refractivity contribution is 7.80. The molecule has 0 radical (unpaired) electrons. The third-order valence-corrected chi connectivity index (χ3v) is 4.53. The molecule has 4 nitrogen and oxygen atoms in total. The Morgan fingerprint density at radius 3 is 2.50 bits per heavy atom. The maximum Gasteiger partial charge on any atom is 0.169 e. The molecule has 2 aromatic rings. The van der Waals surface area contributed by atoms with Gasteiger partial charge in [-0.2, -0.15) is 0 Å². The lowest BCUT2D eigenvalue weighted by Crippen LogP contribution is -2.41. The normalized spacial score (nSPS) is 16.8. The fraction of sp³-hybridized carbons (Fsp3) is 0.368. The van der Waals surface area contributed by atoms with Crippen molar-refractivity contribution in [2.45, 2.75) is 32.0 Å². The second-order valence-corrected chi connectivity index (χ2v) is 6.40. The smallest absolute Gasteiger partial charge is 0.169 e. The van der Waals surface area contributed by atoms with Gasteiger partial charge >= 0.3 is 0 Å². The van der Waals surface area contributed by atoms with Crippen molar-refractivity contribution in [1.82, 2.24) is 15.2 Å². The van der Waals surface area contributed by atoms with Gasteiger partial charge in [-0.05, 0) is 48.3 Å². The Balaban J connectivity index is 1.64. The number of ether oxygens (including phenoxy) is 1. The van der Waals surface area contributed by atoms with Gasteiger partial charge in [-0.1, -0.05) is 30.3 Å². The SMILES string of the molecule is S=C(NCC1CCCO1)N(Cc1ccccc1)Cc1ccncc1. The van der Waals surface area contributed by atoms with E-state index in [1.807, 2.05) is 30.6 Å². The molecule has 1 N–H and O–H groups in total. The van der Waals surface area contributed by atoms with Crippen molar-refractivity contribution in [2.75, 3.05) is 13.2 Å². The summed E-state index contributed by atoms with van der Waals surface area (Å²) >= 11 is 5.65. The molecule has 1 aliphatic heterocycles. The standard InChI is InChI=1S/C19H23N3OS/c24-19(21-13-18-7-4-12-23-18)22(14-16-5-2-1-3-6-16)15-17-8-10-20-11-9-17/h1-3,5-6,8-11,18H,4,7,12-15H2,(H,21,24). The highest BCUT2D eigenvalue weighted by atomic mass is 32.1. The summed E-state index contributed by atoms with van der Waals surface area (Å²) in [6, 6.07) is 14.5. The monoisotopic (exact) mass is 341 g/mol. The summed E-state index contributed by atoms with van der Waals surface area (Å²) in [5.41, 5.74) is 2.44. The molecule has 0 amide bonds. The topological polar surface area (TPSA) is 37.4 Å². The molecule has 1 aromatic carbocycles. The van der Waals surface area contributed by atoms with Gasteiger partial charge in [0.1, 0.15) is 0 Å². The van der Waals surface area contributed by atoms with Gasteiger partial charge in [-0.3, -0.25) is 4.98 Å². The third-order valence-electron chi connectivity index (χ3n) is 4.13. The lowest BCUT2D eigenvalue weighted by Gasteiger charge is -2.27. The minimum absolute atomic E-state index is 0.280. The predicted octanol–water partition coefficient (Wildman–Crippen LogP) is 3.14. The first kappa shape index (κ1) is 16.9. The highest BCUT2D eigenvalue weighted by Gasteiger charge is 2.17. The van der Waals surface area contributed by atoms with Crippen molar-refractivity contribution in [3.63, 3.8) is 0 Å². The van der Waals surface area contributed by atoms with Crippen LogP contribution in [0.3, 0.4) is 0 Å². The number of rotatable bonds is 6. The van der Waals surface area contributed by atoms with Crippen LogP contribution in [0.2, 0.25) is 0 Å². The lowest BCUT2D eigenvalue weighted by molar-refractivity contribution is 0.113. The second kappa shape index (κ2) is 8.76. The molecule has 0 bridgehead atoms. The summed E-state index contributed by atoms with van der Waals surface area (Å²) < 4.78 is 5.67. The van der Waals surface area contributed by atoms with E-state index in [0.717, 1.165) is 44.2 Å². The lowest BCUT2D eigenvalue weighted by atomic mass is 10.2. The molecule has 0 aliphatic carbocycles. The zero-order chi connectivity index (χ0) is 16.6. The first-order valence-corrected chi connectivity index (χ1v) is 8.79. The minimum atomic E-state index is 0.280. The van der Waals surface area contributed by atoms with Gasteiger partial charge in [0.2, 0.25) is 0 Å². The number of pyridine rings is 1. The summed E-state index contributed by atoms with van der Waals surface area (Å²) in [7, 11) is 0. The summed E-state index contributed by atoms with van der Waals surface area (Å²) in [5, 5.41) is 4.15. The van der Waals surface area contributed by atoms with Crippen molar-refractivity contribution in [1.29, 1.82) is 0 Å². The Hall–Kier alpha value is -1.98. The summed E-state index contributed by atoms with van der Waals surface area (Å²) in [4.78, 5) is 6.28. The molecule has 3 rings (SSSR count). The van der Waals surface area contributed by atoms with Gasteiger partial charge in [0.15, 0.2) is 5.11 Å². The van der Waals surface area contributed by atoms with Crippen LogP contribution in [0.5, 0.6) is 0 Å². The Labute approximate surface area is 148 Å². The first-order valence-electron chi connectivity index (χ1n) is 8.38. The molecular weight excluding hydrogens is 318 g/mol. The molecule has 1 saturated heterocycles. The second-order valence-electron chi connectivity index (χ2n) is 6.02. The fourth-order valence-electron chi connectivity index (χ4n) is 2.83. The van der Waals surface area contributed by atoms with Gasteiger partial charge in [-0.15, -0.1) is 0 Å². The van der Waals surface area contributed by atoms with E-state index in [-0.39, 0.29) is 6.10 Å². The van der Waals surface area contributed by atoms with Crippen molar-refractivity contribution in [3.05, 3.63) is 66.0 Å². The third kappa shape index (κ3) is 5.01. The molecule has 1 aliphatic rings. The van der Waals surface area contributed by atoms with E-state index < -0.39 is 0 Å². The van der Waals surface area contributed by atoms with Crippen molar-refractivity contribution < 1.29 is 4.74 Å². The van der Waals surface area contributed by atoms with E-state index in [0.29, 0.717) is 0 Å². The van der Waals surface area contributed by atoms with E-state index >= 15 is 0 Å². The molecule has 1 aromatic heterocycles. The van der Waals surface area contributed by atoms with Crippen LogP contribution in [0.4, 0.5) is 0 Å². The molecule has 126 valence electrons. The number of benzene rings is 1. The highest BCUT2D eigenvalue weighted by Crippen LogP contribution is 2.13. The number of hydrogen-bond acceptors (Lipinski definition) is 3. The predicted molar refractivity (Wildman–Crippen MR) is 99.5 cm³/mol. The van der Waals surface area contributed by atoms with Crippen molar-refractivity contribution >= 4 is 17.3 Å². The average Bonchev–Trinajstić information content (AvgIpc) is 3.14. The minimum Gasteiger partial charge on any atom is -0.376 e. The van der Waals surface area contributed by atoms with Gasteiger partial charge in [0.05, 0.1) is 6.10 Å². The number of hydrogen-bond donors (Lipinski definition) is 1. The van der Waals surface area contributed by atoms with Gasteiger partial charge in [0, 0.05) is 38.6 Å².